The zero-order valence-electron chi connectivity index (χ0n) is 11.7. The van der Waals surface area contributed by atoms with Gasteiger partial charge in [0.2, 0.25) is 0 Å². The molecule has 0 radical (unpaired) electrons. The Balaban J connectivity index is 2.27. The van der Waals surface area contributed by atoms with E-state index in [1.165, 1.54) is 4.90 Å². The first-order chi connectivity index (χ1) is 9.31. The number of carboxylic acid groups (broad SMARTS) is 1. The summed E-state index contributed by atoms with van der Waals surface area (Å²) in [6.45, 7) is 0.408. The first kappa shape index (κ1) is 14.9. The molecule has 1 N–H and O–H groups in total. The number of hydrogen-bond donors (Lipinski definition) is 1. The third-order valence-corrected chi connectivity index (χ3v) is 3.95. The molecule has 1 saturated heterocycles. The SMILES string of the molecule is CN(C)[C@@H]1C[C@@H](C(=O)O)N(C(=O)c2cc(Cl)cn2C)C1. The Labute approximate surface area is 122 Å². The smallest absolute Gasteiger partial charge is 0.326 e. The minimum absolute atomic E-state index is 0.0517. The van der Waals surface area contributed by atoms with Crippen molar-refractivity contribution in [1.29, 1.82) is 0 Å². The topological polar surface area (TPSA) is 65.8 Å². The molecule has 0 bridgehead atoms. The zero-order valence-corrected chi connectivity index (χ0v) is 12.5. The number of halogens is 1. The van der Waals surface area contributed by atoms with Crippen LogP contribution in [0.5, 0.6) is 0 Å². The molecular weight excluding hydrogens is 282 g/mol. The van der Waals surface area contributed by atoms with Crippen LogP contribution in [0.2, 0.25) is 5.02 Å². The maximum Gasteiger partial charge on any atom is 0.326 e. The standard InChI is InChI=1S/C13H18ClN3O3/c1-15(2)9-5-11(13(19)20)17(7-9)12(18)10-4-8(14)6-16(10)3/h4,6,9,11H,5,7H2,1-3H3,(H,19,20)/t9-,11+/m1/s1. The molecule has 1 aromatic heterocycles. The minimum Gasteiger partial charge on any atom is -0.480 e. The van der Waals surface area contributed by atoms with Crippen molar-refractivity contribution < 1.29 is 14.7 Å². The van der Waals surface area contributed by atoms with Gasteiger partial charge in [0.15, 0.2) is 0 Å². The number of aromatic nitrogens is 1. The summed E-state index contributed by atoms with van der Waals surface area (Å²) in [5.74, 6) is -1.26. The van der Waals surface area contributed by atoms with Gasteiger partial charge in [-0.1, -0.05) is 11.6 Å². The fourth-order valence-electron chi connectivity index (χ4n) is 2.53. The molecule has 7 heteroatoms. The van der Waals surface area contributed by atoms with E-state index in [-0.39, 0.29) is 11.9 Å². The highest BCUT2D eigenvalue weighted by molar-refractivity contribution is 6.31. The second-order valence-electron chi connectivity index (χ2n) is 5.32. The molecule has 0 aromatic carbocycles. The first-order valence-electron chi connectivity index (χ1n) is 6.33. The molecule has 1 fully saturated rings. The van der Waals surface area contributed by atoms with Crippen molar-refractivity contribution in [3.8, 4) is 0 Å². The molecule has 0 aliphatic carbocycles. The van der Waals surface area contributed by atoms with Gasteiger partial charge in [-0.25, -0.2) is 4.79 Å². The van der Waals surface area contributed by atoms with E-state index in [1.54, 1.807) is 23.9 Å². The predicted octanol–water partition coefficient (Wildman–Crippen LogP) is 0.908. The van der Waals surface area contributed by atoms with Crippen LogP contribution in [-0.4, -0.2) is 64.1 Å². The molecule has 0 saturated carbocycles. The summed E-state index contributed by atoms with van der Waals surface area (Å²) < 4.78 is 1.62. The molecule has 1 aromatic rings. The summed E-state index contributed by atoms with van der Waals surface area (Å²) in [5.41, 5.74) is 0.403. The Morgan fingerprint density at radius 1 is 1.45 bits per heavy atom. The normalized spacial score (nSPS) is 22.6. The van der Waals surface area contributed by atoms with Gasteiger partial charge in [-0.05, 0) is 26.6 Å². The average Bonchev–Trinajstić information content (AvgIpc) is 2.92. The lowest BCUT2D eigenvalue weighted by Gasteiger charge is -2.22. The van der Waals surface area contributed by atoms with E-state index in [9.17, 15) is 14.7 Å². The molecule has 2 atom stereocenters. The molecular formula is C13H18ClN3O3. The van der Waals surface area contributed by atoms with Crippen LogP contribution in [0.4, 0.5) is 0 Å². The highest BCUT2D eigenvalue weighted by atomic mass is 35.5. The number of carbonyl (C=O) groups is 2. The van der Waals surface area contributed by atoms with E-state index in [0.717, 1.165) is 0 Å². The Morgan fingerprint density at radius 3 is 2.55 bits per heavy atom. The highest BCUT2D eigenvalue weighted by Crippen LogP contribution is 2.24. The lowest BCUT2D eigenvalue weighted by Crippen LogP contribution is -2.41. The van der Waals surface area contributed by atoms with Gasteiger partial charge in [-0.15, -0.1) is 0 Å². The lowest BCUT2D eigenvalue weighted by atomic mass is 10.1. The van der Waals surface area contributed by atoms with E-state index >= 15 is 0 Å². The monoisotopic (exact) mass is 299 g/mol. The first-order valence-corrected chi connectivity index (χ1v) is 6.71. The Hall–Kier alpha value is -1.53. The van der Waals surface area contributed by atoms with Crippen LogP contribution in [0.25, 0.3) is 0 Å². The van der Waals surface area contributed by atoms with Gasteiger partial charge in [0.1, 0.15) is 11.7 Å². The summed E-state index contributed by atoms with van der Waals surface area (Å²) in [4.78, 5) is 27.3. The van der Waals surface area contributed by atoms with E-state index in [2.05, 4.69) is 0 Å². The second kappa shape index (κ2) is 5.46. The maximum atomic E-state index is 12.5. The Morgan fingerprint density at radius 2 is 2.10 bits per heavy atom. The summed E-state index contributed by atoms with van der Waals surface area (Å²) in [5, 5.41) is 9.77. The van der Waals surface area contributed by atoms with Crippen LogP contribution < -0.4 is 0 Å². The lowest BCUT2D eigenvalue weighted by molar-refractivity contribution is -0.141. The number of likely N-dealkylation sites (N-methyl/N-ethyl adjacent to an activating group) is 1. The van der Waals surface area contributed by atoms with Gasteiger partial charge in [0, 0.05) is 25.8 Å². The molecule has 6 nitrogen and oxygen atoms in total. The van der Waals surface area contributed by atoms with Crippen molar-refractivity contribution in [2.24, 2.45) is 7.05 Å². The van der Waals surface area contributed by atoms with Crippen LogP contribution in [0.15, 0.2) is 12.3 Å². The summed E-state index contributed by atoms with van der Waals surface area (Å²) >= 11 is 5.88. The van der Waals surface area contributed by atoms with E-state index in [4.69, 9.17) is 11.6 Å². The van der Waals surface area contributed by atoms with Crippen LogP contribution in [-0.2, 0) is 11.8 Å². The van der Waals surface area contributed by atoms with Crippen LogP contribution in [0.3, 0.4) is 0 Å². The number of rotatable bonds is 3. The van der Waals surface area contributed by atoms with E-state index in [0.29, 0.717) is 23.7 Å². The minimum atomic E-state index is -0.969. The van der Waals surface area contributed by atoms with Gasteiger partial charge < -0.3 is 19.5 Å². The predicted molar refractivity (Wildman–Crippen MR) is 75.0 cm³/mol. The van der Waals surface area contributed by atoms with E-state index < -0.39 is 12.0 Å². The molecule has 1 aliphatic heterocycles. The van der Waals surface area contributed by atoms with Crippen LogP contribution in [0.1, 0.15) is 16.9 Å². The van der Waals surface area contributed by atoms with Crippen molar-refractivity contribution >= 4 is 23.5 Å². The van der Waals surface area contributed by atoms with Crippen molar-refractivity contribution in [3.63, 3.8) is 0 Å². The molecule has 20 heavy (non-hydrogen) atoms. The molecule has 110 valence electrons. The van der Waals surface area contributed by atoms with Crippen molar-refractivity contribution in [3.05, 3.63) is 23.0 Å². The summed E-state index contributed by atoms with van der Waals surface area (Å²) in [6, 6.07) is 0.825. The van der Waals surface area contributed by atoms with Crippen LogP contribution in [0, 0.1) is 0 Å². The summed E-state index contributed by atoms with van der Waals surface area (Å²) in [7, 11) is 5.49. The molecule has 0 spiro atoms. The van der Waals surface area contributed by atoms with Gasteiger partial charge in [-0.2, -0.15) is 0 Å². The van der Waals surface area contributed by atoms with Crippen molar-refractivity contribution in [1.82, 2.24) is 14.4 Å². The molecule has 0 unspecified atom stereocenters. The van der Waals surface area contributed by atoms with E-state index in [1.807, 2.05) is 19.0 Å². The van der Waals surface area contributed by atoms with Crippen LogP contribution >= 0.6 is 11.6 Å². The fraction of sp³-hybridized carbons (Fsp3) is 0.538. The van der Waals surface area contributed by atoms with Gasteiger partial charge in [-0.3, -0.25) is 4.79 Å². The molecule has 2 rings (SSSR count). The highest BCUT2D eigenvalue weighted by Gasteiger charge is 2.41. The van der Waals surface area contributed by atoms with Crippen molar-refractivity contribution in [2.75, 3.05) is 20.6 Å². The Bertz CT molecular complexity index is 541. The number of amides is 1. The largest absolute Gasteiger partial charge is 0.480 e. The number of likely N-dealkylation sites (tertiary alicyclic amines) is 1. The molecule has 1 aliphatic rings. The zero-order chi connectivity index (χ0) is 15.0. The molecule has 1 amide bonds. The third kappa shape index (κ3) is 2.66. The van der Waals surface area contributed by atoms with Crippen molar-refractivity contribution in [2.45, 2.75) is 18.5 Å². The number of aryl methyl sites for hydroxylation is 1. The third-order valence-electron chi connectivity index (χ3n) is 3.75. The number of carbonyl (C=O) groups excluding carboxylic acids is 1. The number of aliphatic carboxylic acids is 1. The van der Waals surface area contributed by atoms with Gasteiger partial charge >= 0.3 is 5.97 Å². The number of hydrogen-bond acceptors (Lipinski definition) is 3. The fourth-order valence-corrected chi connectivity index (χ4v) is 2.78. The number of nitrogens with zero attached hydrogens (tertiary/aromatic N) is 3. The number of carboxylic acids is 1. The molecule has 2 heterocycles. The van der Waals surface area contributed by atoms with Gasteiger partial charge in [0.25, 0.3) is 5.91 Å². The maximum absolute atomic E-state index is 12.5. The average molecular weight is 300 g/mol. The quantitative estimate of drug-likeness (QED) is 0.901. The van der Waals surface area contributed by atoms with Gasteiger partial charge in [0.05, 0.1) is 5.02 Å². The Kier molecular flexibility index (Phi) is 4.06. The summed E-state index contributed by atoms with van der Waals surface area (Å²) in [6.07, 6.45) is 2.07. The second-order valence-corrected chi connectivity index (χ2v) is 5.76.